The predicted octanol–water partition coefficient (Wildman–Crippen LogP) is 21.3. The number of hydrogen-bond donors (Lipinski definition) is 0. The number of rotatable bonds is 13. The molecule has 0 fully saturated rings. The Balaban J connectivity index is 0.859. The van der Waals surface area contributed by atoms with Crippen LogP contribution < -0.4 is 9.80 Å². The van der Waals surface area contributed by atoms with Crippen molar-refractivity contribution in [2.24, 2.45) is 0 Å². The Morgan fingerprint density at radius 3 is 1.00 bits per heavy atom. The van der Waals surface area contributed by atoms with Gasteiger partial charge in [-0.2, -0.15) is 15.0 Å². The molecule has 0 saturated carbocycles. The van der Waals surface area contributed by atoms with Gasteiger partial charge in [-0.3, -0.25) is 9.80 Å². The molecule has 0 unspecified atom stereocenters. The van der Waals surface area contributed by atoms with Crippen molar-refractivity contribution in [1.29, 1.82) is 0 Å². The van der Waals surface area contributed by atoms with Crippen molar-refractivity contribution in [1.82, 2.24) is 24.1 Å². The first kappa shape index (κ1) is 51.7. The molecule has 0 aliphatic rings. The fraction of sp³-hybridized carbons (Fsp3) is 0. The van der Waals surface area contributed by atoms with Crippen molar-refractivity contribution in [3.05, 3.63) is 334 Å². The summed E-state index contributed by atoms with van der Waals surface area (Å²) in [6.07, 6.45) is 0. The molecule has 16 aromatic rings. The first-order valence-corrected chi connectivity index (χ1v) is 29.8. The molecule has 0 spiro atoms. The fourth-order valence-electron chi connectivity index (χ4n) is 12.6. The SMILES string of the molecule is c1ccc(-c2ccc(-c3ccccc3)c(-c3nc(N(c4ccccc4)c4ccc(-c5ccc6c(c5)c5ccccc5n6-c5ccccc5)cc4)nc(N(c4ccccc4)c4ccc(-c5ccc6c(c5)c5ccccc5n6-c5ccccc5)cc4)n3)c2)cc1. The van der Waals surface area contributed by atoms with Gasteiger partial charge in [0.25, 0.3) is 0 Å². The number of nitrogens with zero attached hydrogens (tertiary/aromatic N) is 7. The second-order valence-corrected chi connectivity index (χ2v) is 22.0. The Bertz CT molecular complexity index is 4900. The average molecular weight is 1130 g/mol. The van der Waals surface area contributed by atoms with Gasteiger partial charge in [-0.25, -0.2) is 0 Å². The normalized spacial score (nSPS) is 11.4. The van der Waals surface area contributed by atoms with Crippen LogP contribution >= 0.6 is 0 Å². The molecular weight excluding hydrogens is 1070 g/mol. The minimum atomic E-state index is 0.457. The second-order valence-electron chi connectivity index (χ2n) is 22.0. The summed E-state index contributed by atoms with van der Waals surface area (Å²) in [6, 6.07) is 118. The molecule has 0 aliphatic heterocycles. The van der Waals surface area contributed by atoms with Crippen LogP contribution in [0.2, 0.25) is 0 Å². The quantitative estimate of drug-likeness (QED) is 0.115. The van der Waals surface area contributed by atoms with E-state index in [4.69, 9.17) is 15.0 Å². The van der Waals surface area contributed by atoms with E-state index in [2.05, 4.69) is 340 Å². The van der Waals surface area contributed by atoms with Gasteiger partial charge in [-0.05, 0) is 160 Å². The highest BCUT2D eigenvalue weighted by Gasteiger charge is 2.26. The third-order valence-electron chi connectivity index (χ3n) is 16.8. The van der Waals surface area contributed by atoms with Gasteiger partial charge in [0.2, 0.25) is 11.9 Å². The van der Waals surface area contributed by atoms with Crippen LogP contribution in [0.5, 0.6) is 0 Å². The maximum absolute atomic E-state index is 5.62. The highest BCUT2D eigenvalue weighted by molar-refractivity contribution is 6.12. The fourth-order valence-corrected chi connectivity index (χ4v) is 12.6. The van der Waals surface area contributed by atoms with Crippen LogP contribution in [0.3, 0.4) is 0 Å². The van der Waals surface area contributed by atoms with E-state index in [1.54, 1.807) is 0 Å². The molecule has 414 valence electrons. The summed E-state index contributed by atoms with van der Waals surface area (Å²) >= 11 is 0. The maximum Gasteiger partial charge on any atom is 0.240 e. The van der Waals surface area contributed by atoms with Crippen molar-refractivity contribution in [2.45, 2.75) is 0 Å². The lowest BCUT2D eigenvalue weighted by Crippen LogP contribution is -2.19. The zero-order valence-electron chi connectivity index (χ0n) is 47.9. The summed E-state index contributed by atoms with van der Waals surface area (Å²) < 4.78 is 4.71. The van der Waals surface area contributed by atoms with E-state index in [1.807, 2.05) is 12.1 Å². The van der Waals surface area contributed by atoms with E-state index in [9.17, 15) is 0 Å². The minimum Gasteiger partial charge on any atom is -0.309 e. The van der Waals surface area contributed by atoms with E-state index in [0.717, 1.165) is 95.2 Å². The van der Waals surface area contributed by atoms with Crippen LogP contribution in [0.1, 0.15) is 0 Å². The second kappa shape index (κ2) is 22.2. The van der Waals surface area contributed by atoms with Crippen molar-refractivity contribution < 1.29 is 0 Å². The maximum atomic E-state index is 5.62. The molecule has 7 nitrogen and oxygen atoms in total. The van der Waals surface area contributed by atoms with Crippen molar-refractivity contribution >= 4 is 78.3 Å². The van der Waals surface area contributed by atoms with Crippen molar-refractivity contribution in [3.63, 3.8) is 0 Å². The molecule has 13 aromatic carbocycles. The van der Waals surface area contributed by atoms with Crippen molar-refractivity contribution in [2.75, 3.05) is 9.80 Å². The number of benzene rings is 13. The Kier molecular flexibility index (Phi) is 13.1. The monoisotopic (exact) mass is 1130 g/mol. The Labute approximate surface area is 510 Å². The third kappa shape index (κ3) is 9.40. The van der Waals surface area contributed by atoms with Crippen LogP contribution in [-0.2, 0) is 0 Å². The van der Waals surface area contributed by atoms with Gasteiger partial charge in [-0.1, -0.05) is 218 Å². The largest absolute Gasteiger partial charge is 0.309 e. The zero-order chi connectivity index (χ0) is 58.3. The van der Waals surface area contributed by atoms with Gasteiger partial charge in [0.05, 0.1) is 22.1 Å². The molecule has 0 radical (unpaired) electrons. The molecule has 3 heterocycles. The number of para-hydroxylation sites is 6. The van der Waals surface area contributed by atoms with Crippen LogP contribution in [-0.4, -0.2) is 24.1 Å². The van der Waals surface area contributed by atoms with Gasteiger partial charge in [-0.15, -0.1) is 0 Å². The highest BCUT2D eigenvalue weighted by atomic mass is 15.3. The zero-order valence-corrected chi connectivity index (χ0v) is 47.9. The number of fused-ring (bicyclic) bond motifs is 6. The Hall–Kier alpha value is -11.9. The summed E-state index contributed by atoms with van der Waals surface area (Å²) in [7, 11) is 0. The molecular formula is C81H55N7. The summed E-state index contributed by atoms with van der Waals surface area (Å²) in [5.41, 5.74) is 20.0. The lowest BCUT2D eigenvalue weighted by Gasteiger charge is -2.27. The van der Waals surface area contributed by atoms with Gasteiger partial charge in [0.15, 0.2) is 5.82 Å². The standard InChI is InChI=1S/C81H55N7/c1-7-23-56(24-8-1)60-43-50-69(59-25-9-2-10-26-59)74(55-60)79-82-80(85(63-27-11-3-12-28-63)67-46-39-57(40-47-67)61-44-51-77-72(53-61)70-35-19-21-37-75(70)87(77)65-31-15-5-16-32-65)84-81(83-79)86(64-29-13-4-14-30-64)68-48-41-58(42-49-68)62-45-52-78-73(54-62)71-36-20-22-38-76(71)88(78)66-33-17-6-18-34-66/h1-55H. The smallest absolute Gasteiger partial charge is 0.240 e. The molecule has 0 N–H and O–H groups in total. The number of anilines is 6. The van der Waals surface area contributed by atoms with Gasteiger partial charge >= 0.3 is 0 Å². The number of aromatic nitrogens is 5. The van der Waals surface area contributed by atoms with Crippen LogP contribution in [0.4, 0.5) is 34.6 Å². The lowest BCUT2D eigenvalue weighted by atomic mass is 9.94. The number of hydrogen-bond acceptors (Lipinski definition) is 5. The molecule has 88 heavy (non-hydrogen) atoms. The van der Waals surface area contributed by atoms with Gasteiger partial charge < -0.3 is 9.13 Å². The van der Waals surface area contributed by atoms with Crippen LogP contribution in [0.15, 0.2) is 334 Å². The first-order chi connectivity index (χ1) is 43.6. The molecule has 3 aromatic heterocycles. The molecule has 0 bridgehead atoms. The lowest BCUT2D eigenvalue weighted by molar-refractivity contribution is 0.989. The Morgan fingerprint density at radius 1 is 0.216 bits per heavy atom. The minimum absolute atomic E-state index is 0.457. The molecule has 16 rings (SSSR count). The summed E-state index contributed by atoms with van der Waals surface area (Å²) in [5, 5.41) is 4.82. The molecule has 0 saturated heterocycles. The first-order valence-electron chi connectivity index (χ1n) is 29.8. The molecule has 0 aliphatic carbocycles. The van der Waals surface area contributed by atoms with Gasteiger partial charge in [0, 0.05) is 61.2 Å². The summed E-state index contributed by atoms with van der Waals surface area (Å²) in [6.45, 7) is 0. The molecule has 0 atom stereocenters. The topological polar surface area (TPSA) is 55.0 Å². The van der Waals surface area contributed by atoms with Gasteiger partial charge in [0.1, 0.15) is 0 Å². The van der Waals surface area contributed by atoms with Crippen LogP contribution in [0.25, 0.3) is 111 Å². The average Bonchev–Trinajstić information content (AvgIpc) is 1.83. The predicted molar refractivity (Wildman–Crippen MR) is 365 cm³/mol. The van der Waals surface area contributed by atoms with E-state index in [1.165, 1.54) is 32.6 Å². The summed E-state index contributed by atoms with van der Waals surface area (Å²) in [5.74, 6) is 1.44. The molecule has 0 amide bonds. The van der Waals surface area contributed by atoms with Crippen LogP contribution in [0, 0.1) is 0 Å². The third-order valence-corrected chi connectivity index (χ3v) is 16.8. The summed E-state index contributed by atoms with van der Waals surface area (Å²) in [4.78, 5) is 21.1. The highest BCUT2D eigenvalue weighted by Crippen LogP contribution is 2.43. The van der Waals surface area contributed by atoms with E-state index in [0.29, 0.717) is 17.7 Å². The van der Waals surface area contributed by atoms with E-state index < -0.39 is 0 Å². The Morgan fingerprint density at radius 2 is 0.545 bits per heavy atom. The van der Waals surface area contributed by atoms with Crippen molar-refractivity contribution in [3.8, 4) is 67.3 Å². The molecule has 7 heteroatoms. The van der Waals surface area contributed by atoms with E-state index >= 15 is 0 Å². The van der Waals surface area contributed by atoms with E-state index in [-0.39, 0.29) is 0 Å².